The van der Waals surface area contributed by atoms with Crippen LogP contribution in [0.5, 0.6) is 0 Å². The van der Waals surface area contributed by atoms with E-state index >= 15 is 0 Å². The Morgan fingerprint density at radius 3 is 2.33 bits per heavy atom. The maximum Gasteiger partial charge on any atom is 0.293 e. The zero-order valence-electron chi connectivity index (χ0n) is 27.2. The molecule has 1 aliphatic rings. The Labute approximate surface area is 265 Å². The molecule has 0 radical (unpaired) electrons. The minimum absolute atomic E-state index is 0.0990. The van der Waals surface area contributed by atoms with E-state index in [-0.39, 0.29) is 22.7 Å². The summed E-state index contributed by atoms with van der Waals surface area (Å²) in [6.07, 6.45) is 4.84. The van der Waals surface area contributed by atoms with Gasteiger partial charge in [0.05, 0.1) is 24.5 Å². The van der Waals surface area contributed by atoms with Crippen LogP contribution in [0.4, 0.5) is 17.2 Å². The van der Waals surface area contributed by atoms with Gasteiger partial charge >= 0.3 is 0 Å². The van der Waals surface area contributed by atoms with Crippen LogP contribution >= 0.6 is 0 Å². The lowest BCUT2D eigenvalue weighted by Gasteiger charge is -2.26. The first-order valence-corrected chi connectivity index (χ1v) is 15.7. The first kappa shape index (κ1) is 32.1. The van der Waals surface area contributed by atoms with Crippen molar-refractivity contribution in [1.82, 2.24) is 19.4 Å². The Balaban J connectivity index is 1.43. The number of anilines is 3. The van der Waals surface area contributed by atoms with Crippen molar-refractivity contribution in [3.8, 4) is 11.3 Å². The van der Waals surface area contributed by atoms with Crippen LogP contribution in [0.1, 0.15) is 67.4 Å². The molecule has 2 aromatic heterocycles. The molecule has 0 spiro atoms. The summed E-state index contributed by atoms with van der Waals surface area (Å²) in [4.78, 5) is 38.3. The maximum absolute atomic E-state index is 13.3. The Kier molecular flexibility index (Phi) is 9.80. The van der Waals surface area contributed by atoms with Gasteiger partial charge in [-0.3, -0.25) is 19.5 Å². The molecule has 9 nitrogen and oxygen atoms in total. The molecule has 0 aliphatic carbocycles. The smallest absolute Gasteiger partial charge is 0.293 e. The summed E-state index contributed by atoms with van der Waals surface area (Å²) in [5.74, 6) is 0.0280. The third kappa shape index (κ3) is 7.49. The van der Waals surface area contributed by atoms with Crippen LogP contribution in [0.15, 0.2) is 65.7 Å². The fourth-order valence-corrected chi connectivity index (χ4v) is 5.62. The number of carbonyl (C=O) groups is 1. The van der Waals surface area contributed by atoms with Gasteiger partial charge < -0.3 is 19.9 Å². The number of carbonyl (C=O) groups excluding carboxylic acids is 1. The van der Waals surface area contributed by atoms with Gasteiger partial charge in [0.1, 0.15) is 0 Å². The molecule has 0 atom stereocenters. The molecule has 236 valence electrons. The summed E-state index contributed by atoms with van der Waals surface area (Å²) < 4.78 is 7.02. The Hall–Kier alpha value is -4.34. The van der Waals surface area contributed by atoms with E-state index in [1.54, 1.807) is 24.0 Å². The van der Waals surface area contributed by atoms with E-state index in [1.165, 1.54) is 5.56 Å². The predicted octanol–water partition coefficient (Wildman–Crippen LogP) is 6.09. The Morgan fingerprint density at radius 2 is 1.71 bits per heavy atom. The summed E-state index contributed by atoms with van der Waals surface area (Å²) in [7, 11) is 1.74. The number of ether oxygens (including phenoxy) is 1. The number of rotatable bonds is 9. The molecule has 5 rings (SSSR count). The van der Waals surface area contributed by atoms with Gasteiger partial charge in [-0.2, -0.15) is 0 Å². The Bertz CT molecular complexity index is 1700. The molecule has 45 heavy (non-hydrogen) atoms. The zero-order valence-corrected chi connectivity index (χ0v) is 27.2. The lowest BCUT2D eigenvalue weighted by molar-refractivity contribution is 0.0342. The lowest BCUT2D eigenvalue weighted by atomic mass is 9.91. The Morgan fingerprint density at radius 1 is 0.978 bits per heavy atom. The van der Waals surface area contributed by atoms with E-state index in [2.05, 4.69) is 67.3 Å². The van der Waals surface area contributed by atoms with Gasteiger partial charge in [0.15, 0.2) is 5.82 Å². The largest absolute Gasteiger partial charge is 0.379 e. The van der Waals surface area contributed by atoms with E-state index < -0.39 is 0 Å². The highest BCUT2D eigenvalue weighted by Crippen LogP contribution is 2.34. The molecular weight excluding hydrogens is 564 g/mol. The van der Waals surface area contributed by atoms with Crippen molar-refractivity contribution < 1.29 is 9.53 Å². The van der Waals surface area contributed by atoms with E-state index in [0.29, 0.717) is 17.7 Å². The average Bonchev–Trinajstić information content (AvgIpc) is 3.04. The topological polar surface area (TPSA) is 101 Å². The van der Waals surface area contributed by atoms with Gasteiger partial charge in [0.2, 0.25) is 0 Å². The number of nitrogens with zero attached hydrogens (tertiary/aromatic N) is 4. The van der Waals surface area contributed by atoms with Crippen molar-refractivity contribution in [3.05, 3.63) is 99.2 Å². The number of aromatic nitrogens is 3. The van der Waals surface area contributed by atoms with Crippen molar-refractivity contribution in [3.63, 3.8) is 0 Å². The first-order valence-electron chi connectivity index (χ1n) is 15.7. The summed E-state index contributed by atoms with van der Waals surface area (Å²) >= 11 is 0. The van der Waals surface area contributed by atoms with Crippen LogP contribution in [0, 0.1) is 0 Å². The summed E-state index contributed by atoms with van der Waals surface area (Å²) in [6.45, 7) is 14.7. The SMILES string of the molecule is CCc1ccc(NC(=O)c2ccc(C(C)(C)C)nc2)c(CC)c1-c1cn(C)c(=O)c(Nc2ccc(CN3CCOCC3)cc2)n1. The molecule has 1 amide bonds. The molecular formula is C36H44N6O3. The number of amides is 1. The highest BCUT2D eigenvalue weighted by atomic mass is 16.5. The normalized spacial score (nSPS) is 13.9. The van der Waals surface area contributed by atoms with Gasteiger partial charge in [0, 0.05) is 67.1 Å². The number of hydrogen-bond acceptors (Lipinski definition) is 7. The van der Waals surface area contributed by atoms with Crippen LogP contribution < -0.4 is 16.2 Å². The molecule has 0 unspecified atom stereocenters. The number of benzene rings is 2. The van der Waals surface area contributed by atoms with Crippen molar-refractivity contribution in [2.24, 2.45) is 7.05 Å². The quantitative estimate of drug-likeness (QED) is 0.237. The number of aryl methyl sites for hydroxylation is 2. The second-order valence-electron chi connectivity index (χ2n) is 12.6. The summed E-state index contributed by atoms with van der Waals surface area (Å²) in [5, 5.41) is 6.37. The van der Waals surface area contributed by atoms with E-state index in [9.17, 15) is 9.59 Å². The van der Waals surface area contributed by atoms with Crippen molar-refractivity contribution >= 4 is 23.1 Å². The highest BCUT2D eigenvalue weighted by molar-refractivity contribution is 6.05. The molecule has 9 heteroatoms. The highest BCUT2D eigenvalue weighted by Gasteiger charge is 2.20. The van der Waals surface area contributed by atoms with Crippen LogP contribution in [-0.4, -0.2) is 51.6 Å². The standard InChI is InChI=1S/C36H44N6O3/c1-7-25-11-15-29(40-34(43)26-12-16-31(37-21-26)36(3,4)5)28(8-2)32(25)30-23-41(6)35(44)33(39-30)38-27-13-9-24(10-14-27)22-42-17-19-45-20-18-42/h9-16,21,23H,7-8,17-20,22H2,1-6H3,(H,38,39)(H,40,43). The van der Waals surface area contributed by atoms with Gasteiger partial charge in [0.25, 0.3) is 11.5 Å². The first-order chi connectivity index (χ1) is 21.6. The second kappa shape index (κ2) is 13.7. The van der Waals surface area contributed by atoms with Crippen molar-refractivity contribution in [1.29, 1.82) is 0 Å². The molecule has 4 aromatic rings. The van der Waals surface area contributed by atoms with Crippen molar-refractivity contribution in [2.75, 3.05) is 36.9 Å². The van der Waals surface area contributed by atoms with Gasteiger partial charge in [-0.05, 0) is 59.9 Å². The molecule has 1 saturated heterocycles. The number of pyridine rings is 1. The van der Waals surface area contributed by atoms with Crippen LogP contribution in [0.2, 0.25) is 0 Å². The fourth-order valence-electron chi connectivity index (χ4n) is 5.62. The number of morpholine rings is 1. The zero-order chi connectivity index (χ0) is 32.1. The molecule has 1 fully saturated rings. The molecule has 2 aromatic carbocycles. The van der Waals surface area contributed by atoms with E-state index in [1.807, 2.05) is 36.4 Å². The fraction of sp³-hybridized carbons (Fsp3) is 0.389. The van der Waals surface area contributed by atoms with E-state index in [0.717, 1.165) is 73.0 Å². The second-order valence-corrected chi connectivity index (χ2v) is 12.6. The molecule has 1 aliphatic heterocycles. The van der Waals surface area contributed by atoms with Gasteiger partial charge in [-0.15, -0.1) is 0 Å². The minimum atomic E-state index is -0.222. The van der Waals surface area contributed by atoms with Gasteiger partial charge in [-0.1, -0.05) is 52.8 Å². The van der Waals surface area contributed by atoms with E-state index in [4.69, 9.17) is 9.72 Å². The summed E-state index contributed by atoms with van der Waals surface area (Å²) in [6, 6.07) is 15.8. The van der Waals surface area contributed by atoms with Crippen LogP contribution in [0.25, 0.3) is 11.3 Å². The molecule has 0 bridgehead atoms. The molecule has 3 heterocycles. The molecule has 2 N–H and O–H groups in total. The van der Waals surface area contributed by atoms with Gasteiger partial charge in [-0.25, -0.2) is 4.98 Å². The summed E-state index contributed by atoms with van der Waals surface area (Å²) in [5.41, 5.74) is 7.47. The monoisotopic (exact) mass is 608 g/mol. The third-order valence-corrected chi connectivity index (χ3v) is 8.23. The maximum atomic E-state index is 13.3. The molecule has 0 saturated carbocycles. The van der Waals surface area contributed by atoms with Crippen molar-refractivity contribution in [2.45, 2.75) is 59.4 Å². The lowest BCUT2D eigenvalue weighted by Crippen LogP contribution is -2.35. The average molecular weight is 609 g/mol. The number of nitrogens with one attached hydrogen (secondary N) is 2. The van der Waals surface area contributed by atoms with Crippen LogP contribution in [-0.2, 0) is 36.6 Å². The predicted molar refractivity (Wildman–Crippen MR) is 180 cm³/mol. The third-order valence-electron chi connectivity index (χ3n) is 8.23. The minimum Gasteiger partial charge on any atom is -0.379 e. The number of hydrogen-bond donors (Lipinski definition) is 2. The van der Waals surface area contributed by atoms with Crippen LogP contribution in [0.3, 0.4) is 0 Å².